The van der Waals surface area contributed by atoms with Crippen molar-refractivity contribution < 1.29 is 9.32 Å². The maximum atomic E-state index is 12.5. The number of benzene rings is 1. The van der Waals surface area contributed by atoms with E-state index in [4.69, 9.17) is 16.1 Å². The summed E-state index contributed by atoms with van der Waals surface area (Å²) in [7, 11) is 1.76. The molecule has 1 aliphatic rings. The molecule has 1 fully saturated rings. The van der Waals surface area contributed by atoms with E-state index < -0.39 is 0 Å². The summed E-state index contributed by atoms with van der Waals surface area (Å²) in [5.74, 6) is 0.742. The summed E-state index contributed by atoms with van der Waals surface area (Å²) in [6.45, 7) is 4.92. The fourth-order valence-corrected chi connectivity index (χ4v) is 3.62. The largest absolute Gasteiger partial charge is 0.361 e. The number of hydrogen-bond acceptors (Lipinski definition) is 4. The van der Waals surface area contributed by atoms with Gasteiger partial charge in [0.1, 0.15) is 11.5 Å². The van der Waals surface area contributed by atoms with Gasteiger partial charge in [-0.2, -0.15) is 0 Å². The van der Waals surface area contributed by atoms with E-state index in [-0.39, 0.29) is 12.1 Å². The first-order valence-electron chi connectivity index (χ1n) is 9.43. The molecule has 2 amide bonds. The van der Waals surface area contributed by atoms with Crippen molar-refractivity contribution in [2.45, 2.75) is 38.8 Å². The summed E-state index contributed by atoms with van der Waals surface area (Å²) in [6.07, 6.45) is 3.67. The molecule has 0 saturated carbocycles. The Bertz CT molecular complexity index is 741. The molecule has 27 heavy (non-hydrogen) atoms. The average molecular weight is 391 g/mol. The van der Waals surface area contributed by atoms with Gasteiger partial charge in [-0.15, -0.1) is 0 Å². The van der Waals surface area contributed by atoms with E-state index in [0.29, 0.717) is 13.1 Å². The number of aryl methyl sites for hydroxylation is 1. The number of aromatic nitrogens is 1. The number of piperidine rings is 1. The Kier molecular flexibility index (Phi) is 6.74. The van der Waals surface area contributed by atoms with E-state index in [9.17, 15) is 4.79 Å². The second-order valence-electron chi connectivity index (χ2n) is 7.13. The highest BCUT2D eigenvalue weighted by Crippen LogP contribution is 2.25. The Morgan fingerprint density at radius 2 is 2.00 bits per heavy atom. The summed E-state index contributed by atoms with van der Waals surface area (Å²) in [6, 6.07) is 9.80. The maximum absolute atomic E-state index is 12.5. The van der Waals surface area contributed by atoms with Crippen molar-refractivity contribution in [2.24, 2.45) is 0 Å². The van der Waals surface area contributed by atoms with Gasteiger partial charge in [0.2, 0.25) is 0 Å². The van der Waals surface area contributed by atoms with E-state index in [1.54, 1.807) is 11.9 Å². The predicted octanol–water partition coefficient (Wildman–Crippen LogP) is 4.01. The first kappa shape index (κ1) is 19.7. The summed E-state index contributed by atoms with van der Waals surface area (Å²) < 4.78 is 5.06. The van der Waals surface area contributed by atoms with Gasteiger partial charge in [-0.1, -0.05) is 35.3 Å². The van der Waals surface area contributed by atoms with Gasteiger partial charge < -0.3 is 14.7 Å². The molecule has 0 bridgehead atoms. The molecule has 1 saturated heterocycles. The molecule has 146 valence electrons. The van der Waals surface area contributed by atoms with Crippen LogP contribution in [0.15, 0.2) is 34.9 Å². The van der Waals surface area contributed by atoms with Crippen molar-refractivity contribution in [3.63, 3.8) is 0 Å². The number of carbonyl (C=O) groups excluding carboxylic acids is 1. The molecule has 0 radical (unpaired) electrons. The lowest BCUT2D eigenvalue weighted by Crippen LogP contribution is -2.44. The van der Waals surface area contributed by atoms with Crippen molar-refractivity contribution in [1.29, 1.82) is 0 Å². The Morgan fingerprint density at radius 1 is 1.30 bits per heavy atom. The van der Waals surface area contributed by atoms with E-state index >= 15 is 0 Å². The van der Waals surface area contributed by atoms with Crippen LogP contribution in [-0.2, 0) is 6.54 Å². The van der Waals surface area contributed by atoms with Crippen molar-refractivity contribution in [1.82, 2.24) is 20.3 Å². The number of carbonyl (C=O) groups is 1. The monoisotopic (exact) mass is 390 g/mol. The van der Waals surface area contributed by atoms with Crippen LogP contribution in [0, 0.1) is 6.92 Å². The number of nitrogens with one attached hydrogen (secondary N) is 1. The molecule has 7 heteroatoms. The molecule has 1 aromatic carbocycles. The third-order valence-corrected chi connectivity index (χ3v) is 5.21. The topological polar surface area (TPSA) is 61.6 Å². The van der Waals surface area contributed by atoms with Crippen LogP contribution >= 0.6 is 11.6 Å². The predicted molar refractivity (Wildman–Crippen MR) is 106 cm³/mol. The number of amides is 2. The number of hydrogen-bond donors (Lipinski definition) is 1. The van der Waals surface area contributed by atoms with Crippen LogP contribution in [0.5, 0.6) is 0 Å². The molecule has 1 aromatic heterocycles. The highest BCUT2D eigenvalue weighted by molar-refractivity contribution is 6.30. The van der Waals surface area contributed by atoms with Crippen LogP contribution in [0.4, 0.5) is 4.79 Å². The van der Waals surface area contributed by atoms with Crippen molar-refractivity contribution in [3.05, 3.63) is 52.4 Å². The first-order valence-corrected chi connectivity index (χ1v) is 9.81. The molecule has 2 heterocycles. The fraction of sp³-hybridized carbons (Fsp3) is 0.500. The lowest BCUT2D eigenvalue weighted by atomic mass is 10.0. The summed E-state index contributed by atoms with van der Waals surface area (Å²) >= 11 is 6.05. The number of urea groups is 1. The fourth-order valence-electron chi connectivity index (χ4n) is 3.50. The lowest BCUT2D eigenvalue weighted by Gasteiger charge is -2.35. The van der Waals surface area contributed by atoms with Gasteiger partial charge in [0, 0.05) is 24.7 Å². The minimum Gasteiger partial charge on any atom is -0.361 e. The number of likely N-dealkylation sites (tertiary alicyclic amines) is 1. The third kappa shape index (κ3) is 5.47. The maximum Gasteiger partial charge on any atom is 0.317 e. The highest BCUT2D eigenvalue weighted by atomic mass is 35.5. The number of halogens is 1. The average Bonchev–Trinajstić information content (AvgIpc) is 3.08. The molecule has 1 atom stereocenters. The van der Waals surface area contributed by atoms with Crippen molar-refractivity contribution in [3.8, 4) is 0 Å². The van der Waals surface area contributed by atoms with Gasteiger partial charge in [0.15, 0.2) is 0 Å². The Labute approximate surface area is 165 Å². The second kappa shape index (κ2) is 9.24. The van der Waals surface area contributed by atoms with Crippen molar-refractivity contribution >= 4 is 17.6 Å². The minimum absolute atomic E-state index is 0.119. The van der Waals surface area contributed by atoms with E-state index in [1.165, 1.54) is 24.8 Å². The molecule has 2 aromatic rings. The summed E-state index contributed by atoms with van der Waals surface area (Å²) in [5, 5.41) is 7.74. The molecular weight excluding hydrogens is 364 g/mol. The molecule has 0 unspecified atom stereocenters. The first-order chi connectivity index (χ1) is 13.0. The van der Waals surface area contributed by atoms with Gasteiger partial charge in [-0.05, 0) is 50.6 Å². The van der Waals surface area contributed by atoms with Gasteiger partial charge in [-0.25, -0.2) is 4.79 Å². The lowest BCUT2D eigenvalue weighted by molar-refractivity contribution is 0.155. The molecule has 1 N–H and O–H groups in total. The molecule has 0 spiro atoms. The number of rotatable bonds is 6. The van der Waals surface area contributed by atoms with Gasteiger partial charge >= 0.3 is 6.03 Å². The van der Waals surface area contributed by atoms with Crippen LogP contribution in [-0.4, -0.2) is 47.7 Å². The zero-order chi connectivity index (χ0) is 19.2. The highest BCUT2D eigenvalue weighted by Gasteiger charge is 2.23. The molecule has 1 aliphatic heterocycles. The van der Waals surface area contributed by atoms with E-state index in [0.717, 1.165) is 29.6 Å². The van der Waals surface area contributed by atoms with Gasteiger partial charge in [-0.3, -0.25) is 4.90 Å². The van der Waals surface area contributed by atoms with Crippen LogP contribution in [0.3, 0.4) is 0 Å². The quantitative estimate of drug-likeness (QED) is 0.809. The number of nitrogens with zero attached hydrogens (tertiary/aromatic N) is 3. The van der Waals surface area contributed by atoms with Crippen LogP contribution in [0.1, 0.15) is 42.3 Å². The summed E-state index contributed by atoms with van der Waals surface area (Å²) in [4.78, 5) is 16.6. The van der Waals surface area contributed by atoms with Crippen LogP contribution < -0.4 is 5.32 Å². The zero-order valence-electron chi connectivity index (χ0n) is 15.9. The SMILES string of the molecule is Cc1cc(CN(C)C(=O)NC[C@H](c2ccc(Cl)cc2)N2CCCCC2)no1. The van der Waals surface area contributed by atoms with Gasteiger partial charge in [0.05, 0.1) is 12.6 Å². The molecule has 6 nitrogen and oxygen atoms in total. The Hall–Kier alpha value is -2.05. The third-order valence-electron chi connectivity index (χ3n) is 4.96. The molecule has 0 aliphatic carbocycles. The van der Waals surface area contributed by atoms with Crippen LogP contribution in [0.2, 0.25) is 5.02 Å². The van der Waals surface area contributed by atoms with Crippen LogP contribution in [0.25, 0.3) is 0 Å². The van der Waals surface area contributed by atoms with Crippen molar-refractivity contribution in [2.75, 3.05) is 26.7 Å². The second-order valence-corrected chi connectivity index (χ2v) is 7.57. The zero-order valence-corrected chi connectivity index (χ0v) is 16.7. The Morgan fingerprint density at radius 3 is 2.63 bits per heavy atom. The van der Waals surface area contributed by atoms with Gasteiger partial charge in [0.25, 0.3) is 0 Å². The van der Waals surface area contributed by atoms with E-state index in [2.05, 4.69) is 27.5 Å². The summed E-state index contributed by atoms with van der Waals surface area (Å²) in [5.41, 5.74) is 1.92. The van der Waals surface area contributed by atoms with E-state index in [1.807, 2.05) is 25.1 Å². The molecular formula is C20H27ClN4O2. The smallest absolute Gasteiger partial charge is 0.317 e. The standard InChI is InChI=1S/C20H27ClN4O2/c1-15-12-18(23-27-15)14-24(2)20(26)22-13-19(25-10-4-3-5-11-25)16-6-8-17(21)9-7-16/h6-9,12,19H,3-5,10-11,13-14H2,1-2H3,(H,22,26)/t19-/m1/s1. The Balaban J connectivity index is 1.62. The normalized spacial score (nSPS) is 16.1. The molecule has 3 rings (SSSR count). The minimum atomic E-state index is -0.119.